The van der Waals surface area contributed by atoms with Gasteiger partial charge in [-0.1, -0.05) is 12.1 Å². The molecule has 4 nitrogen and oxygen atoms in total. The third-order valence-corrected chi connectivity index (χ3v) is 3.81. The van der Waals surface area contributed by atoms with Crippen molar-refractivity contribution >= 4 is 0 Å². The molecule has 0 unspecified atom stereocenters. The Kier molecular flexibility index (Phi) is 3.49. The Labute approximate surface area is 119 Å². The van der Waals surface area contributed by atoms with E-state index in [9.17, 15) is 0 Å². The number of fused-ring (bicyclic) bond motifs is 1. The van der Waals surface area contributed by atoms with Gasteiger partial charge in [-0.15, -0.1) is 0 Å². The summed E-state index contributed by atoms with van der Waals surface area (Å²) in [6.45, 7) is 6.27. The van der Waals surface area contributed by atoms with E-state index in [0.29, 0.717) is 6.04 Å². The molecule has 4 heteroatoms. The molecule has 1 aliphatic heterocycles. The molecule has 2 heterocycles. The minimum absolute atomic E-state index is 0.380. The molecule has 0 aliphatic carbocycles. The zero-order chi connectivity index (χ0) is 14.1. The van der Waals surface area contributed by atoms with Crippen LogP contribution in [0.4, 0.5) is 0 Å². The van der Waals surface area contributed by atoms with Crippen molar-refractivity contribution < 1.29 is 4.74 Å². The van der Waals surface area contributed by atoms with Crippen LogP contribution in [-0.2, 0) is 13.0 Å². The SMILES string of the molecule is COc1ccccc1-c1nn(C(C)C)c2c1CNCC2. The van der Waals surface area contributed by atoms with E-state index in [2.05, 4.69) is 29.9 Å². The molecule has 0 radical (unpaired) electrons. The minimum Gasteiger partial charge on any atom is -0.496 e. The normalized spacial score (nSPS) is 14.4. The lowest BCUT2D eigenvalue weighted by Gasteiger charge is -2.17. The first-order valence-corrected chi connectivity index (χ1v) is 7.16. The molecule has 0 saturated carbocycles. The fourth-order valence-corrected chi connectivity index (χ4v) is 2.86. The van der Waals surface area contributed by atoms with Crippen LogP contribution < -0.4 is 10.1 Å². The molecule has 0 saturated heterocycles. The fraction of sp³-hybridized carbons (Fsp3) is 0.438. The fourth-order valence-electron chi connectivity index (χ4n) is 2.86. The highest BCUT2D eigenvalue weighted by Crippen LogP contribution is 2.34. The Balaban J connectivity index is 2.19. The number of methoxy groups -OCH3 is 1. The van der Waals surface area contributed by atoms with Crippen molar-refractivity contribution in [2.45, 2.75) is 32.9 Å². The predicted octanol–water partition coefficient (Wildman–Crippen LogP) is 2.79. The number of hydrogen-bond donors (Lipinski definition) is 1. The summed E-state index contributed by atoms with van der Waals surface area (Å²) in [5.74, 6) is 0.884. The molecule has 3 rings (SSSR count). The van der Waals surface area contributed by atoms with Crippen LogP contribution in [0.1, 0.15) is 31.1 Å². The van der Waals surface area contributed by atoms with Gasteiger partial charge in [-0.2, -0.15) is 5.10 Å². The second-order valence-electron chi connectivity index (χ2n) is 5.44. The van der Waals surface area contributed by atoms with E-state index in [1.807, 2.05) is 18.2 Å². The average molecular weight is 271 g/mol. The molecule has 1 N–H and O–H groups in total. The summed E-state index contributed by atoms with van der Waals surface area (Å²) in [4.78, 5) is 0. The van der Waals surface area contributed by atoms with Gasteiger partial charge in [0.05, 0.1) is 7.11 Å². The first kappa shape index (κ1) is 13.2. The van der Waals surface area contributed by atoms with Gasteiger partial charge < -0.3 is 10.1 Å². The molecule has 0 fully saturated rings. The molecule has 0 bridgehead atoms. The van der Waals surface area contributed by atoms with Crippen LogP contribution >= 0.6 is 0 Å². The molecular weight excluding hydrogens is 250 g/mol. The summed E-state index contributed by atoms with van der Waals surface area (Å²) in [7, 11) is 1.71. The molecule has 20 heavy (non-hydrogen) atoms. The minimum atomic E-state index is 0.380. The molecule has 1 aliphatic rings. The lowest BCUT2D eigenvalue weighted by atomic mass is 10.0. The van der Waals surface area contributed by atoms with Crippen LogP contribution in [-0.4, -0.2) is 23.4 Å². The van der Waals surface area contributed by atoms with Gasteiger partial charge in [0.15, 0.2) is 0 Å². The van der Waals surface area contributed by atoms with E-state index in [1.165, 1.54) is 11.3 Å². The third-order valence-electron chi connectivity index (χ3n) is 3.81. The van der Waals surface area contributed by atoms with E-state index >= 15 is 0 Å². The smallest absolute Gasteiger partial charge is 0.128 e. The molecule has 0 atom stereocenters. The van der Waals surface area contributed by atoms with Gasteiger partial charge in [-0.25, -0.2) is 0 Å². The Morgan fingerprint density at radius 2 is 2.10 bits per heavy atom. The quantitative estimate of drug-likeness (QED) is 0.933. The summed E-state index contributed by atoms with van der Waals surface area (Å²) >= 11 is 0. The number of para-hydroxylation sites is 1. The summed E-state index contributed by atoms with van der Waals surface area (Å²) < 4.78 is 7.66. The predicted molar refractivity (Wildman–Crippen MR) is 80.0 cm³/mol. The number of rotatable bonds is 3. The topological polar surface area (TPSA) is 39.1 Å². The lowest BCUT2D eigenvalue weighted by Crippen LogP contribution is -2.25. The van der Waals surface area contributed by atoms with Gasteiger partial charge in [0, 0.05) is 42.4 Å². The summed E-state index contributed by atoms with van der Waals surface area (Å²) in [6, 6.07) is 8.49. The number of nitrogens with zero attached hydrogens (tertiary/aromatic N) is 2. The largest absolute Gasteiger partial charge is 0.496 e. The van der Waals surface area contributed by atoms with Gasteiger partial charge in [0.1, 0.15) is 11.4 Å². The molecule has 0 spiro atoms. The Bertz CT molecular complexity index is 616. The second kappa shape index (κ2) is 5.29. The maximum absolute atomic E-state index is 5.49. The van der Waals surface area contributed by atoms with Gasteiger partial charge in [-0.3, -0.25) is 4.68 Å². The molecular formula is C16H21N3O. The Morgan fingerprint density at radius 1 is 1.30 bits per heavy atom. The van der Waals surface area contributed by atoms with E-state index < -0.39 is 0 Å². The first-order chi connectivity index (χ1) is 9.72. The van der Waals surface area contributed by atoms with Crippen LogP contribution in [0.25, 0.3) is 11.3 Å². The highest BCUT2D eigenvalue weighted by atomic mass is 16.5. The van der Waals surface area contributed by atoms with E-state index in [4.69, 9.17) is 9.84 Å². The second-order valence-corrected chi connectivity index (χ2v) is 5.44. The maximum atomic E-state index is 5.49. The van der Waals surface area contributed by atoms with Crippen molar-refractivity contribution in [3.63, 3.8) is 0 Å². The number of aromatic nitrogens is 2. The molecule has 106 valence electrons. The highest BCUT2D eigenvalue weighted by Gasteiger charge is 2.23. The first-order valence-electron chi connectivity index (χ1n) is 7.16. The van der Waals surface area contributed by atoms with Crippen LogP contribution in [0, 0.1) is 0 Å². The molecule has 1 aromatic heterocycles. The van der Waals surface area contributed by atoms with Crippen molar-refractivity contribution in [1.29, 1.82) is 0 Å². The Hall–Kier alpha value is -1.81. The van der Waals surface area contributed by atoms with E-state index in [1.54, 1.807) is 7.11 Å². The Morgan fingerprint density at radius 3 is 2.85 bits per heavy atom. The zero-order valence-electron chi connectivity index (χ0n) is 12.3. The number of benzene rings is 1. The molecule has 2 aromatic rings. The van der Waals surface area contributed by atoms with Gasteiger partial charge in [0.25, 0.3) is 0 Å². The lowest BCUT2D eigenvalue weighted by molar-refractivity contribution is 0.416. The summed E-state index contributed by atoms with van der Waals surface area (Å²) in [5.41, 5.74) is 4.81. The van der Waals surface area contributed by atoms with Crippen molar-refractivity contribution in [3.05, 3.63) is 35.5 Å². The number of hydrogen-bond acceptors (Lipinski definition) is 3. The number of ether oxygens (including phenoxy) is 1. The number of nitrogens with one attached hydrogen (secondary N) is 1. The van der Waals surface area contributed by atoms with Gasteiger partial charge >= 0.3 is 0 Å². The third kappa shape index (κ3) is 2.10. The average Bonchev–Trinajstić information content (AvgIpc) is 2.87. The maximum Gasteiger partial charge on any atom is 0.128 e. The van der Waals surface area contributed by atoms with Crippen molar-refractivity contribution in [2.75, 3.05) is 13.7 Å². The van der Waals surface area contributed by atoms with Crippen molar-refractivity contribution in [3.8, 4) is 17.0 Å². The van der Waals surface area contributed by atoms with Crippen molar-refractivity contribution in [2.24, 2.45) is 0 Å². The van der Waals surface area contributed by atoms with Gasteiger partial charge in [0.2, 0.25) is 0 Å². The summed E-state index contributed by atoms with van der Waals surface area (Å²) in [5, 5.41) is 8.31. The molecule has 0 amide bonds. The highest BCUT2D eigenvalue weighted by molar-refractivity contribution is 5.71. The van der Waals surface area contributed by atoms with Crippen molar-refractivity contribution in [1.82, 2.24) is 15.1 Å². The van der Waals surface area contributed by atoms with Crippen LogP contribution in [0.5, 0.6) is 5.75 Å². The van der Waals surface area contributed by atoms with Gasteiger partial charge in [-0.05, 0) is 26.0 Å². The summed E-state index contributed by atoms with van der Waals surface area (Å²) in [6.07, 6.45) is 1.04. The van der Waals surface area contributed by atoms with Crippen LogP contribution in [0.15, 0.2) is 24.3 Å². The monoisotopic (exact) mass is 271 g/mol. The molecule has 1 aromatic carbocycles. The zero-order valence-corrected chi connectivity index (χ0v) is 12.3. The van der Waals surface area contributed by atoms with E-state index in [-0.39, 0.29) is 0 Å². The standard InChI is InChI=1S/C16H21N3O/c1-11(2)19-14-8-9-17-10-13(14)16(18-19)12-6-4-5-7-15(12)20-3/h4-7,11,17H,8-10H2,1-3H3. The van der Waals surface area contributed by atoms with Crippen LogP contribution in [0.2, 0.25) is 0 Å². The van der Waals surface area contributed by atoms with E-state index in [0.717, 1.165) is 36.5 Å². The van der Waals surface area contributed by atoms with Crippen LogP contribution in [0.3, 0.4) is 0 Å².